The second kappa shape index (κ2) is 11.3. The lowest BCUT2D eigenvalue weighted by Crippen LogP contribution is -2.31. The Morgan fingerprint density at radius 3 is 1.35 bits per heavy atom. The van der Waals surface area contributed by atoms with Crippen molar-refractivity contribution < 1.29 is 0 Å². The van der Waals surface area contributed by atoms with E-state index in [1.54, 1.807) is 0 Å². The summed E-state index contributed by atoms with van der Waals surface area (Å²) in [5.74, 6) is 0. The number of benzene rings is 9. The normalized spacial score (nSPS) is 13.4. The minimum atomic E-state index is -0.592. The maximum atomic E-state index is 2.58. The molecule has 0 unspecified atom stereocenters. The van der Waals surface area contributed by atoms with Gasteiger partial charge in [0.15, 0.2) is 0 Å². The van der Waals surface area contributed by atoms with Gasteiger partial charge in [-0.3, -0.25) is 0 Å². The molecule has 9 aromatic carbocycles. The Labute approximate surface area is 330 Å². The van der Waals surface area contributed by atoms with Crippen LogP contribution in [-0.4, -0.2) is 9.13 Å². The van der Waals surface area contributed by atoms with Crippen LogP contribution in [0.3, 0.4) is 0 Å². The highest BCUT2D eigenvalue weighted by atomic mass is 15.0. The number of nitrogens with zero attached hydrogens (tertiary/aromatic N) is 2. The van der Waals surface area contributed by atoms with Crippen molar-refractivity contribution in [2.45, 2.75) is 5.41 Å². The first-order valence-corrected chi connectivity index (χ1v) is 19.9. The average molecular weight is 723 g/mol. The van der Waals surface area contributed by atoms with Crippen molar-refractivity contribution in [2.24, 2.45) is 0 Å². The predicted octanol–water partition coefficient (Wildman–Crippen LogP) is 13.9. The zero-order valence-corrected chi connectivity index (χ0v) is 31.0. The van der Waals surface area contributed by atoms with Crippen molar-refractivity contribution in [2.75, 3.05) is 0 Å². The van der Waals surface area contributed by atoms with Gasteiger partial charge in [0.05, 0.1) is 33.2 Å². The van der Waals surface area contributed by atoms with E-state index < -0.39 is 5.41 Å². The summed E-state index contributed by atoms with van der Waals surface area (Å²) in [5.41, 5.74) is 19.3. The van der Waals surface area contributed by atoms with Crippen molar-refractivity contribution in [3.63, 3.8) is 0 Å². The number of para-hydroxylation sites is 4. The van der Waals surface area contributed by atoms with Gasteiger partial charge in [-0.2, -0.15) is 0 Å². The van der Waals surface area contributed by atoms with Crippen LogP contribution < -0.4 is 0 Å². The zero-order chi connectivity index (χ0) is 37.2. The fourth-order valence-electron chi connectivity index (χ4n) is 10.8. The van der Waals surface area contributed by atoms with Gasteiger partial charge in [-0.15, -0.1) is 0 Å². The third-order valence-electron chi connectivity index (χ3n) is 12.9. The molecule has 1 spiro atoms. The van der Waals surface area contributed by atoms with Crippen molar-refractivity contribution in [3.05, 3.63) is 229 Å². The summed E-state index contributed by atoms with van der Waals surface area (Å²) in [5, 5.41) is 5.01. The molecule has 57 heavy (non-hydrogen) atoms. The molecular weight excluding hydrogens is 689 g/mol. The molecular formula is C55H34N2. The molecule has 13 rings (SSSR count). The van der Waals surface area contributed by atoms with Crippen molar-refractivity contribution in [3.8, 4) is 44.8 Å². The molecule has 0 saturated heterocycles. The lowest BCUT2D eigenvalue weighted by atomic mass is 9.65. The number of fused-ring (bicyclic) bond motifs is 19. The SMILES string of the molecule is c1ccc2c(c1)-c1ccccc1C1(c3ccccc3-c3ccccc31)c1ccccc1-n1c3ccc(-n4c5ccccc5c5ccccc54)cc3c3cccc-2c31. The zero-order valence-electron chi connectivity index (χ0n) is 31.0. The summed E-state index contributed by atoms with van der Waals surface area (Å²) < 4.78 is 5.02. The molecule has 0 atom stereocenters. The van der Waals surface area contributed by atoms with Gasteiger partial charge >= 0.3 is 0 Å². The highest BCUT2D eigenvalue weighted by Crippen LogP contribution is 2.60. The lowest BCUT2D eigenvalue weighted by Gasteiger charge is -2.38. The summed E-state index contributed by atoms with van der Waals surface area (Å²) in [6.45, 7) is 0. The molecule has 0 fully saturated rings. The fourth-order valence-corrected chi connectivity index (χ4v) is 10.8. The fraction of sp³-hybridized carbons (Fsp3) is 0.0182. The van der Waals surface area contributed by atoms with Crippen LogP contribution in [0, 0.1) is 0 Å². The van der Waals surface area contributed by atoms with Crippen molar-refractivity contribution in [1.82, 2.24) is 9.13 Å². The molecule has 11 aromatic rings. The van der Waals surface area contributed by atoms with Crippen LogP contribution in [0.5, 0.6) is 0 Å². The molecule has 2 aliphatic rings. The van der Waals surface area contributed by atoms with Crippen LogP contribution in [0.15, 0.2) is 206 Å². The Balaban J connectivity index is 1.23. The highest BCUT2D eigenvalue weighted by molar-refractivity contribution is 6.16. The molecule has 2 heteroatoms. The Morgan fingerprint density at radius 1 is 0.281 bits per heavy atom. The van der Waals surface area contributed by atoms with E-state index in [0.29, 0.717) is 0 Å². The van der Waals surface area contributed by atoms with Crippen LogP contribution in [-0.2, 0) is 5.41 Å². The number of hydrogen-bond donors (Lipinski definition) is 0. The highest BCUT2D eigenvalue weighted by Gasteiger charge is 2.49. The Kier molecular flexibility index (Phi) is 6.13. The number of hydrogen-bond acceptors (Lipinski definition) is 0. The molecule has 0 bridgehead atoms. The molecule has 2 nitrogen and oxygen atoms in total. The van der Waals surface area contributed by atoms with Crippen LogP contribution in [0.25, 0.3) is 88.4 Å². The smallest absolute Gasteiger partial charge is 0.0739 e. The first-order chi connectivity index (χ1) is 28.3. The molecule has 2 aromatic heterocycles. The van der Waals surface area contributed by atoms with Gasteiger partial charge in [0.1, 0.15) is 0 Å². The summed E-state index contributed by atoms with van der Waals surface area (Å²) in [4.78, 5) is 0. The minimum Gasteiger partial charge on any atom is -0.309 e. The summed E-state index contributed by atoms with van der Waals surface area (Å²) in [7, 11) is 0. The second-order valence-corrected chi connectivity index (χ2v) is 15.6. The first-order valence-electron chi connectivity index (χ1n) is 19.9. The summed E-state index contributed by atoms with van der Waals surface area (Å²) in [6.07, 6.45) is 0. The van der Waals surface area contributed by atoms with E-state index in [0.717, 1.165) is 5.69 Å². The van der Waals surface area contributed by atoms with Crippen LogP contribution in [0.4, 0.5) is 0 Å². The molecule has 1 aliphatic heterocycles. The Hall–Kier alpha value is -7.42. The first kappa shape index (κ1) is 30.9. The standard InChI is InChI=1S/C55H34N2/c1-2-17-37-36(16-1)38-18-3-8-25-46(38)55(47-26-9-4-19-39(47)40-20-5-10-27-48(40)55)49-28-11-14-31-53(49)57-52-33-32-35(34-45(52)44-24-15-23-43(37)54(44)57)56-50-29-12-6-21-41(50)42-22-7-13-30-51(42)56/h1-34H. The molecule has 0 N–H and O–H groups in total. The number of rotatable bonds is 1. The average Bonchev–Trinajstić information content (AvgIpc) is 3.90. The largest absolute Gasteiger partial charge is 0.309 e. The number of aromatic nitrogens is 2. The third kappa shape index (κ3) is 3.89. The Morgan fingerprint density at radius 2 is 0.719 bits per heavy atom. The van der Waals surface area contributed by atoms with E-state index >= 15 is 0 Å². The maximum absolute atomic E-state index is 2.58. The minimum absolute atomic E-state index is 0.592. The van der Waals surface area contributed by atoms with E-state index in [1.165, 1.54) is 105 Å². The van der Waals surface area contributed by atoms with Gasteiger partial charge < -0.3 is 9.13 Å². The van der Waals surface area contributed by atoms with E-state index in [4.69, 9.17) is 0 Å². The Bertz CT molecular complexity index is 3380. The predicted molar refractivity (Wildman–Crippen MR) is 237 cm³/mol. The molecule has 3 heterocycles. The van der Waals surface area contributed by atoms with Gasteiger partial charge in [0.25, 0.3) is 0 Å². The van der Waals surface area contributed by atoms with Crippen LogP contribution >= 0.6 is 0 Å². The van der Waals surface area contributed by atoms with Gasteiger partial charge in [0, 0.05) is 32.8 Å². The van der Waals surface area contributed by atoms with Gasteiger partial charge in [-0.25, -0.2) is 0 Å². The van der Waals surface area contributed by atoms with Crippen molar-refractivity contribution in [1.29, 1.82) is 0 Å². The van der Waals surface area contributed by atoms with Gasteiger partial charge in [0.2, 0.25) is 0 Å². The lowest BCUT2D eigenvalue weighted by molar-refractivity contribution is 0.763. The van der Waals surface area contributed by atoms with Crippen LogP contribution in [0.1, 0.15) is 22.3 Å². The van der Waals surface area contributed by atoms with E-state index in [9.17, 15) is 0 Å². The van der Waals surface area contributed by atoms with Gasteiger partial charge in [-0.1, -0.05) is 170 Å². The topological polar surface area (TPSA) is 9.86 Å². The molecule has 0 radical (unpaired) electrons. The van der Waals surface area contributed by atoms with E-state index in [-0.39, 0.29) is 0 Å². The second-order valence-electron chi connectivity index (χ2n) is 15.6. The van der Waals surface area contributed by atoms with E-state index in [1.807, 2.05) is 0 Å². The molecule has 0 saturated carbocycles. The summed E-state index contributed by atoms with van der Waals surface area (Å²) in [6, 6.07) is 77.2. The van der Waals surface area contributed by atoms with Crippen LogP contribution in [0.2, 0.25) is 0 Å². The molecule has 264 valence electrons. The summed E-state index contributed by atoms with van der Waals surface area (Å²) >= 11 is 0. The van der Waals surface area contributed by atoms with E-state index in [2.05, 4.69) is 215 Å². The third-order valence-corrected chi connectivity index (χ3v) is 12.9. The van der Waals surface area contributed by atoms with Crippen molar-refractivity contribution >= 4 is 43.6 Å². The quantitative estimate of drug-likeness (QED) is 0.160. The molecule has 1 aliphatic carbocycles. The molecule has 0 amide bonds. The maximum Gasteiger partial charge on any atom is 0.0739 e. The van der Waals surface area contributed by atoms with Gasteiger partial charge in [-0.05, 0) is 86.5 Å². The monoisotopic (exact) mass is 722 g/mol.